The zero-order chi connectivity index (χ0) is 24.7. The van der Waals surface area contributed by atoms with Crippen molar-refractivity contribution in [3.63, 3.8) is 0 Å². The summed E-state index contributed by atoms with van der Waals surface area (Å²) in [5, 5.41) is 15.0. The Morgan fingerprint density at radius 3 is 1.91 bits per heavy atom. The summed E-state index contributed by atoms with van der Waals surface area (Å²) < 4.78 is 6.80. The topological polar surface area (TPSA) is 91.2 Å². The van der Waals surface area contributed by atoms with Crippen molar-refractivity contribution >= 4 is 61.1 Å². The second kappa shape index (κ2) is 11.6. The van der Waals surface area contributed by atoms with Crippen LogP contribution >= 0.6 is 31.9 Å². The number of nitrogens with zero attached hydrogens (tertiary/aromatic N) is 1. The third kappa shape index (κ3) is 7.04. The van der Waals surface area contributed by atoms with Crippen LogP contribution in [0.4, 0.5) is 11.4 Å². The number of carbonyl (C=O) groups excluding carboxylic acids is 2. The predicted molar refractivity (Wildman–Crippen MR) is 141 cm³/mol. The van der Waals surface area contributed by atoms with Crippen LogP contribution in [0.1, 0.15) is 16.7 Å². The number of amides is 2. The minimum Gasteiger partial charge on any atom is -0.481 e. The molecule has 0 atom stereocenters. The number of nitriles is 1. The fourth-order valence-electron chi connectivity index (χ4n) is 2.92. The van der Waals surface area contributed by atoms with Crippen LogP contribution in [0.2, 0.25) is 0 Å². The van der Waals surface area contributed by atoms with E-state index in [1.54, 1.807) is 24.3 Å². The molecule has 0 aromatic heterocycles. The maximum Gasteiger partial charge on any atom is 0.266 e. The van der Waals surface area contributed by atoms with Gasteiger partial charge in [-0.05, 0) is 93.7 Å². The Hall–Kier alpha value is -3.41. The molecule has 0 heterocycles. The Balaban J connectivity index is 1.68. The molecule has 2 amide bonds. The zero-order valence-electron chi connectivity index (χ0n) is 18.5. The number of carbonyl (C=O) groups is 2. The lowest BCUT2D eigenvalue weighted by molar-refractivity contribution is -0.118. The van der Waals surface area contributed by atoms with Gasteiger partial charge < -0.3 is 15.4 Å². The highest BCUT2D eigenvalue weighted by Gasteiger charge is 2.14. The normalized spacial score (nSPS) is 10.9. The summed E-state index contributed by atoms with van der Waals surface area (Å²) in [6.07, 6.45) is 1.48. The van der Waals surface area contributed by atoms with Crippen molar-refractivity contribution in [3.05, 3.63) is 91.9 Å². The first-order valence-corrected chi connectivity index (χ1v) is 11.8. The van der Waals surface area contributed by atoms with Gasteiger partial charge in [-0.15, -0.1) is 0 Å². The van der Waals surface area contributed by atoms with E-state index >= 15 is 0 Å². The minimum absolute atomic E-state index is 0.0504. The predicted octanol–water partition coefficient (Wildman–Crippen LogP) is 6.39. The number of ether oxygens (including phenoxy) is 1. The van der Waals surface area contributed by atoms with Gasteiger partial charge in [-0.1, -0.05) is 35.4 Å². The van der Waals surface area contributed by atoms with Crippen LogP contribution in [0.3, 0.4) is 0 Å². The van der Waals surface area contributed by atoms with E-state index in [0.29, 0.717) is 31.6 Å². The van der Waals surface area contributed by atoms with Crippen molar-refractivity contribution in [1.29, 1.82) is 5.26 Å². The lowest BCUT2D eigenvalue weighted by atomic mass is 10.1. The van der Waals surface area contributed by atoms with Gasteiger partial charge in [-0.2, -0.15) is 5.26 Å². The van der Waals surface area contributed by atoms with Crippen molar-refractivity contribution in [2.24, 2.45) is 0 Å². The zero-order valence-corrected chi connectivity index (χ0v) is 21.7. The van der Waals surface area contributed by atoms with Gasteiger partial charge in [0, 0.05) is 11.4 Å². The molecule has 0 aliphatic heterocycles. The van der Waals surface area contributed by atoms with E-state index < -0.39 is 5.91 Å². The lowest BCUT2D eigenvalue weighted by Gasteiger charge is -2.12. The highest BCUT2D eigenvalue weighted by molar-refractivity contribution is 9.11. The maximum absolute atomic E-state index is 12.5. The molecule has 0 spiro atoms. The van der Waals surface area contributed by atoms with E-state index in [4.69, 9.17) is 4.74 Å². The average molecular weight is 583 g/mol. The monoisotopic (exact) mass is 581 g/mol. The molecular weight excluding hydrogens is 562 g/mol. The molecule has 0 bridgehead atoms. The van der Waals surface area contributed by atoms with Crippen molar-refractivity contribution < 1.29 is 14.3 Å². The van der Waals surface area contributed by atoms with Crippen molar-refractivity contribution in [3.8, 4) is 11.8 Å². The Morgan fingerprint density at radius 1 is 0.912 bits per heavy atom. The molecule has 0 fully saturated rings. The van der Waals surface area contributed by atoms with E-state index in [9.17, 15) is 14.9 Å². The van der Waals surface area contributed by atoms with Gasteiger partial charge in [-0.3, -0.25) is 9.59 Å². The molecule has 0 aliphatic carbocycles. The van der Waals surface area contributed by atoms with Crippen LogP contribution in [-0.4, -0.2) is 18.4 Å². The van der Waals surface area contributed by atoms with E-state index in [1.165, 1.54) is 6.08 Å². The third-order valence-corrected chi connectivity index (χ3v) is 5.87. The van der Waals surface area contributed by atoms with Gasteiger partial charge in [-0.25, -0.2) is 0 Å². The van der Waals surface area contributed by atoms with E-state index in [2.05, 4.69) is 42.5 Å². The Bertz CT molecular complexity index is 1260. The lowest BCUT2D eigenvalue weighted by Crippen LogP contribution is -2.20. The van der Waals surface area contributed by atoms with Crippen molar-refractivity contribution in [1.82, 2.24) is 0 Å². The van der Waals surface area contributed by atoms with E-state index in [-0.39, 0.29) is 18.1 Å². The van der Waals surface area contributed by atoms with Gasteiger partial charge in [0.1, 0.15) is 17.4 Å². The molecule has 3 aromatic rings. The Morgan fingerprint density at radius 2 is 1.41 bits per heavy atom. The van der Waals surface area contributed by atoms with Crippen LogP contribution < -0.4 is 15.4 Å². The fraction of sp³-hybridized carbons (Fsp3) is 0.115. The molecular formula is C26H21Br2N3O3. The first-order valence-electron chi connectivity index (χ1n) is 10.2. The minimum atomic E-state index is -0.508. The average Bonchev–Trinajstić information content (AvgIpc) is 2.80. The van der Waals surface area contributed by atoms with Gasteiger partial charge in [0.15, 0.2) is 6.61 Å². The standard InChI is InChI=1S/C26H21Br2N3O3/c1-16-3-7-20(8-4-16)30-24(32)15-34-25-22(27)12-18(13-23(25)28)11-19(14-29)26(33)31-21-9-5-17(2)6-10-21/h3-13H,15H2,1-2H3,(H,30,32)(H,31,33)/b19-11+. The van der Waals surface area contributed by atoms with Crippen molar-refractivity contribution in [2.75, 3.05) is 17.2 Å². The molecule has 2 N–H and O–H groups in total. The molecule has 172 valence electrons. The van der Waals surface area contributed by atoms with Crippen LogP contribution in [0, 0.1) is 25.2 Å². The fourth-order valence-corrected chi connectivity index (χ4v) is 4.37. The first kappa shape index (κ1) is 25.2. The van der Waals surface area contributed by atoms with E-state index in [1.807, 2.05) is 56.3 Å². The molecule has 0 saturated heterocycles. The van der Waals surface area contributed by atoms with E-state index in [0.717, 1.165) is 11.1 Å². The highest BCUT2D eigenvalue weighted by atomic mass is 79.9. The Kier molecular flexibility index (Phi) is 8.63. The largest absolute Gasteiger partial charge is 0.481 e. The van der Waals surface area contributed by atoms with Crippen LogP contribution in [-0.2, 0) is 9.59 Å². The number of halogens is 2. The number of nitrogens with one attached hydrogen (secondary N) is 2. The summed E-state index contributed by atoms with van der Waals surface area (Å²) >= 11 is 6.87. The number of hydrogen-bond donors (Lipinski definition) is 2. The molecule has 0 saturated carbocycles. The molecule has 34 heavy (non-hydrogen) atoms. The molecule has 0 unspecified atom stereocenters. The summed E-state index contributed by atoms with van der Waals surface area (Å²) in [5.41, 5.74) is 4.01. The smallest absolute Gasteiger partial charge is 0.266 e. The van der Waals surface area contributed by atoms with Crippen LogP contribution in [0.5, 0.6) is 5.75 Å². The molecule has 3 rings (SSSR count). The number of hydrogen-bond acceptors (Lipinski definition) is 4. The number of aryl methyl sites for hydroxylation is 2. The summed E-state index contributed by atoms with van der Waals surface area (Å²) in [5.74, 6) is -0.378. The summed E-state index contributed by atoms with van der Waals surface area (Å²) in [7, 11) is 0. The van der Waals surface area contributed by atoms with Gasteiger partial charge >= 0.3 is 0 Å². The summed E-state index contributed by atoms with van der Waals surface area (Å²) in [6, 6.07) is 20.1. The summed E-state index contributed by atoms with van der Waals surface area (Å²) in [4.78, 5) is 24.8. The third-order valence-electron chi connectivity index (χ3n) is 4.69. The van der Waals surface area contributed by atoms with Crippen LogP contribution in [0.25, 0.3) is 6.08 Å². The number of benzene rings is 3. The molecule has 8 heteroatoms. The summed E-state index contributed by atoms with van der Waals surface area (Å²) in [6.45, 7) is 3.73. The van der Waals surface area contributed by atoms with Gasteiger partial charge in [0.2, 0.25) is 0 Å². The van der Waals surface area contributed by atoms with Gasteiger partial charge in [0.25, 0.3) is 11.8 Å². The second-order valence-electron chi connectivity index (χ2n) is 7.51. The first-order chi connectivity index (χ1) is 16.2. The number of rotatable bonds is 7. The highest BCUT2D eigenvalue weighted by Crippen LogP contribution is 2.35. The van der Waals surface area contributed by atoms with Crippen LogP contribution in [0.15, 0.2) is 75.2 Å². The SMILES string of the molecule is Cc1ccc(NC(=O)COc2c(Br)cc(/C=C(\C#N)C(=O)Nc3ccc(C)cc3)cc2Br)cc1. The molecule has 3 aromatic carbocycles. The molecule has 6 nitrogen and oxygen atoms in total. The second-order valence-corrected chi connectivity index (χ2v) is 9.22. The van der Waals surface area contributed by atoms with Gasteiger partial charge in [0.05, 0.1) is 8.95 Å². The molecule has 0 radical (unpaired) electrons. The quantitative estimate of drug-likeness (QED) is 0.249. The van der Waals surface area contributed by atoms with Crippen molar-refractivity contribution in [2.45, 2.75) is 13.8 Å². The number of anilines is 2. The molecule has 0 aliphatic rings. The Labute approximate surface area is 214 Å². The maximum atomic E-state index is 12.5.